The summed E-state index contributed by atoms with van der Waals surface area (Å²) in [4.78, 5) is 0. The highest BCUT2D eigenvalue weighted by Crippen LogP contribution is 2.48. The lowest BCUT2D eigenvalue weighted by Gasteiger charge is -2.20. The fourth-order valence-electron chi connectivity index (χ4n) is 10.4. The first-order valence-corrected chi connectivity index (χ1v) is 20.2. The maximum atomic E-state index is 2.44. The van der Waals surface area contributed by atoms with Gasteiger partial charge >= 0.3 is 0 Å². The lowest BCUT2D eigenvalue weighted by Crippen LogP contribution is -1.93. The molecule has 58 heavy (non-hydrogen) atoms. The standard InChI is InChI=1S/C58H34/c1-3-9-35(10-4-1)52-34-44(45-26-21-41-19-17-37-13-7-15-39-23-28-47(45)57(41)53(37)39)33-43-25-30-50-51(56(43)52)32-31-48(55(50)36-11-5-2-6-12-36)46-27-22-42-20-18-38-14-8-16-40-24-29-49(46)58(42)54(38)40/h1-34H. The van der Waals surface area contributed by atoms with Gasteiger partial charge in [0, 0.05) is 0 Å². The zero-order valence-corrected chi connectivity index (χ0v) is 31.6. The fraction of sp³-hybridized carbons (Fsp3) is 0. The van der Waals surface area contributed by atoms with Crippen LogP contribution in [-0.2, 0) is 0 Å². The maximum absolute atomic E-state index is 2.44. The highest BCUT2D eigenvalue weighted by Gasteiger charge is 2.20. The van der Waals surface area contributed by atoms with Gasteiger partial charge in [-0.2, -0.15) is 0 Å². The Morgan fingerprint density at radius 3 is 1.26 bits per heavy atom. The molecule has 13 aromatic carbocycles. The summed E-state index contributed by atoms with van der Waals surface area (Å²) in [5, 5.41) is 20.7. The number of hydrogen-bond donors (Lipinski definition) is 0. The molecule has 0 aliphatic rings. The molecule has 0 saturated heterocycles. The van der Waals surface area contributed by atoms with Crippen LogP contribution in [0.15, 0.2) is 206 Å². The SMILES string of the molecule is c1ccc(-c2c(-c3ccc4ccc5cccc6ccc3c4c56)ccc3c2ccc2cc(-c4ccc5ccc6cccc7ccc4c5c67)cc(-c4ccccc4)c23)cc1. The second-order valence-corrected chi connectivity index (χ2v) is 15.9. The van der Waals surface area contributed by atoms with E-state index >= 15 is 0 Å². The van der Waals surface area contributed by atoms with Gasteiger partial charge in [-0.05, 0) is 143 Å². The van der Waals surface area contributed by atoms with E-state index in [0.29, 0.717) is 0 Å². The highest BCUT2D eigenvalue weighted by atomic mass is 14.2. The molecule has 0 fully saturated rings. The van der Waals surface area contributed by atoms with Crippen molar-refractivity contribution < 1.29 is 0 Å². The molecule has 0 heteroatoms. The Hall–Kier alpha value is -7.54. The quantitative estimate of drug-likeness (QED) is 0.158. The third-order valence-corrected chi connectivity index (χ3v) is 12.9. The van der Waals surface area contributed by atoms with Crippen LogP contribution >= 0.6 is 0 Å². The Bertz CT molecular complexity index is 3730. The summed E-state index contributed by atoms with van der Waals surface area (Å²) in [5.74, 6) is 0. The molecule has 0 aliphatic carbocycles. The van der Waals surface area contributed by atoms with Gasteiger partial charge in [0.05, 0.1) is 0 Å². The molecule has 0 radical (unpaired) electrons. The second-order valence-electron chi connectivity index (χ2n) is 15.9. The molecule has 13 aromatic rings. The Labute approximate surface area is 335 Å². The van der Waals surface area contributed by atoms with E-state index in [1.165, 1.54) is 131 Å². The van der Waals surface area contributed by atoms with Gasteiger partial charge in [-0.25, -0.2) is 0 Å². The van der Waals surface area contributed by atoms with Crippen molar-refractivity contribution in [3.8, 4) is 44.5 Å². The van der Waals surface area contributed by atoms with Crippen LogP contribution in [0.4, 0.5) is 0 Å². The van der Waals surface area contributed by atoms with Gasteiger partial charge in [-0.15, -0.1) is 0 Å². The lowest BCUT2D eigenvalue weighted by molar-refractivity contribution is 1.63. The van der Waals surface area contributed by atoms with E-state index in [9.17, 15) is 0 Å². The first kappa shape index (κ1) is 31.6. The van der Waals surface area contributed by atoms with Crippen LogP contribution in [0, 0.1) is 0 Å². The molecular formula is C58H34. The normalized spacial score (nSPS) is 12.1. The first-order valence-electron chi connectivity index (χ1n) is 20.2. The molecular weight excluding hydrogens is 697 g/mol. The fourth-order valence-corrected chi connectivity index (χ4v) is 10.4. The number of fused-ring (bicyclic) bond motifs is 3. The minimum Gasteiger partial charge on any atom is -0.0622 e. The molecule has 0 aliphatic heterocycles. The zero-order chi connectivity index (χ0) is 37.9. The molecule has 0 aromatic heterocycles. The largest absolute Gasteiger partial charge is 0.0622 e. The summed E-state index contributed by atoms with van der Waals surface area (Å²) in [6.45, 7) is 0. The predicted octanol–water partition coefficient (Wildman–Crippen LogP) is 16.5. The van der Waals surface area contributed by atoms with Crippen molar-refractivity contribution in [2.24, 2.45) is 0 Å². The van der Waals surface area contributed by atoms with Gasteiger partial charge in [0.25, 0.3) is 0 Å². The third kappa shape index (κ3) is 4.46. The topological polar surface area (TPSA) is 0 Å². The minimum atomic E-state index is 1.22. The minimum absolute atomic E-state index is 1.22. The monoisotopic (exact) mass is 730 g/mol. The van der Waals surface area contributed by atoms with Crippen LogP contribution in [0.5, 0.6) is 0 Å². The average molecular weight is 731 g/mol. The molecule has 0 unspecified atom stereocenters. The zero-order valence-electron chi connectivity index (χ0n) is 31.6. The smallest absolute Gasteiger partial charge is 0.00206 e. The molecule has 0 nitrogen and oxygen atoms in total. The lowest BCUT2D eigenvalue weighted by atomic mass is 9.83. The van der Waals surface area contributed by atoms with Crippen molar-refractivity contribution in [3.63, 3.8) is 0 Å². The molecule has 0 heterocycles. The van der Waals surface area contributed by atoms with Gasteiger partial charge in [0.15, 0.2) is 0 Å². The van der Waals surface area contributed by atoms with E-state index in [0.717, 1.165) is 0 Å². The molecule has 13 rings (SSSR count). The first-order chi connectivity index (χ1) is 28.8. The van der Waals surface area contributed by atoms with Gasteiger partial charge in [0.1, 0.15) is 0 Å². The van der Waals surface area contributed by atoms with E-state index < -0.39 is 0 Å². The molecule has 0 spiro atoms. The predicted molar refractivity (Wildman–Crippen MR) is 251 cm³/mol. The number of rotatable bonds is 4. The summed E-state index contributed by atoms with van der Waals surface area (Å²) in [6.07, 6.45) is 0. The number of hydrogen-bond acceptors (Lipinski definition) is 0. The molecule has 0 atom stereocenters. The van der Waals surface area contributed by atoms with Crippen molar-refractivity contribution >= 4 is 86.2 Å². The summed E-state index contributed by atoms with van der Waals surface area (Å²) in [6, 6.07) is 77.3. The molecule has 266 valence electrons. The van der Waals surface area contributed by atoms with Gasteiger partial charge < -0.3 is 0 Å². The van der Waals surface area contributed by atoms with Crippen LogP contribution in [0.3, 0.4) is 0 Å². The molecule has 0 amide bonds. The average Bonchev–Trinajstić information content (AvgIpc) is 3.29. The second kappa shape index (κ2) is 12.0. The third-order valence-electron chi connectivity index (χ3n) is 12.9. The van der Waals surface area contributed by atoms with Crippen molar-refractivity contribution in [2.75, 3.05) is 0 Å². The Balaban J connectivity index is 1.11. The van der Waals surface area contributed by atoms with E-state index in [2.05, 4.69) is 206 Å². The van der Waals surface area contributed by atoms with Gasteiger partial charge in [-0.1, -0.05) is 194 Å². The van der Waals surface area contributed by atoms with Crippen molar-refractivity contribution in [2.45, 2.75) is 0 Å². The van der Waals surface area contributed by atoms with Crippen LogP contribution in [0.1, 0.15) is 0 Å². The molecule has 0 saturated carbocycles. The highest BCUT2D eigenvalue weighted by molar-refractivity contribution is 6.28. The van der Waals surface area contributed by atoms with Crippen molar-refractivity contribution in [3.05, 3.63) is 206 Å². The Morgan fingerprint density at radius 1 is 0.190 bits per heavy atom. The van der Waals surface area contributed by atoms with E-state index in [1.54, 1.807) is 0 Å². The Morgan fingerprint density at radius 2 is 0.638 bits per heavy atom. The van der Waals surface area contributed by atoms with Crippen molar-refractivity contribution in [1.82, 2.24) is 0 Å². The van der Waals surface area contributed by atoms with Crippen LogP contribution in [0.2, 0.25) is 0 Å². The Kier molecular flexibility index (Phi) is 6.54. The van der Waals surface area contributed by atoms with Crippen LogP contribution in [0.25, 0.3) is 131 Å². The van der Waals surface area contributed by atoms with E-state index in [-0.39, 0.29) is 0 Å². The summed E-state index contributed by atoms with van der Waals surface area (Å²) >= 11 is 0. The van der Waals surface area contributed by atoms with Gasteiger partial charge in [0.2, 0.25) is 0 Å². The van der Waals surface area contributed by atoms with Crippen LogP contribution in [-0.4, -0.2) is 0 Å². The summed E-state index contributed by atoms with van der Waals surface area (Å²) < 4.78 is 0. The van der Waals surface area contributed by atoms with E-state index in [4.69, 9.17) is 0 Å². The van der Waals surface area contributed by atoms with E-state index in [1.807, 2.05) is 0 Å². The summed E-state index contributed by atoms with van der Waals surface area (Å²) in [7, 11) is 0. The molecule has 0 bridgehead atoms. The molecule has 0 N–H and O–H groups in total. The van der Waals surface area contributed by atoms with Gasteiger partial charge in [-0.3, -0.25) is 0 Å². The van der Waals surface area contributed by atoms with Crippen LogP contribution < -0.4 is 0 Å². The maximum Gasteiger partial charge on any atom is -0.00206 e. The summed E-state index contributed by atoms with van der Waals surface area (Å²) in [5.41, 5.74) is 9.97. The number of benzene rings is 13. The van der Waals surface area contributed by atoms with Crippen molar-refractivity contribution in [1.29, 1.82) is 0 Å².